The maximum atomic E-state index is 11.3. The minimum atomic E-state index is -0.431. The Labute approximate surface area is 101 Å². The van der Waals surface area contributed by atoms with E-state index in [9.17, 15) is 4.79 Å². The summed E-state index contributed by atoms with van der Waals surface area (Å²) in [4.78, 5) is 15.5. The van der Waals surface area contributed by atoms with Gasteiger partial charge in [0, 0.05) is 6.07 Å². The van der Waals surface area contributed by atoms with Crippen LogP contribution in [-0.2, 0) is 4.79 Å². The highest BCUT2D eigenvalue weighted by Gasteiger charge is 2.19. The lowest BCUT2D eigenvalue weighted by Crippen LogP contribution is -2.39. The van der Waals surface area contributed by atoms with Gasteiger partial charge in [-0.15, -0.1) is 0 Å². The van der Waals surface area contributed by atoms with Crippen molar-refractivity contribution in [2.75, 3.05) is 11.9 Å². The Hall–Kier alpha value is -1.78. The quantitative estimate of drug-likeness (QED) is 0.784. The van der Waals surface area contributed by atoms with Crippen LogP contribution < -0.4 is 15.8 Å². The molecule has 0 aliphatic rings. The molecule has 1 aromatic heterocycles. The summed E-state index contributed by atoms with van der Waals surface area (Å²) in [6, 6.07) is 4.93. The summed E-state index contributed by atoms with van der Waals surface area (Å²) in [5.41, 5.74) is 5.32. The van der Waals surface area contributed by atoms with Crippen LogP contribution in [0.4, 0.5) is 5.82 Å². The molecule has 1 rings (SSSR count). The van der Waals surface area contributed by atoms with Crippen molar-refractivity contribution in [3.63, 3.8) is 0 Å². The molecule has 0 radical (unpaired) electrons. The number of amides is 1. The number of rotatable bonds is 6. The fraction of sp³-hybridized carbons (Fsp3) is 0.500. The van der Waals surface area contributed by atoms with Crippen LogP contribution in [0.25, 0.3) is 0 Å². The van der Waals surface area contributed by atoms with Crippen molar-refractivity contribution in [1.82, 2.24) is 4.98 Å². The van der Waals surface area contributed by atoms with E-state index in [2.05, 4.69) is 10.3 Å². The highest BCUT2D eigenvalue weighted by molar-refractivity contribution is 5.82. The van der Waals surface area contributed by atoms with E-state index in [0.29, 0.717) is 18.3 Å². The van der Waals surface area contributed by atoms with E-state index in [-0.39, 0.29) is 11.8 Å². The summed E-state index contributed by atoms with van der Waals surface area (Å²) in [6.07, 6.45) is 0. The summed E-state index contributed by atoms with van der Waals surface area (Å²) in [7, 11) is 0. The molecule has 0 saturated carbocycles. The van der Waals surface area contributed by atoms with Crippen LogP contribution in [0.5, 0.6) is 5.88 Å². The lowest BCUT2D eigenvalue weighted by molar-refractivity contribution is -0.119. The van der Waals surface area contributed by atoms with Crippen molar-refractivity contribution in [1.29, 1.82) is 0 Å². The number of hydrogen-bond acceptors (Lipinski definition) is 4. The van der Waals surface area contributed by atoms with E-state index in [1.807, 2.05) is 26.8 Å². The van der Waals surface area contributed by atoms with Gasteiger partial charge in [0.2, 0.25) is 11.8 Å². The van der Waals surface area contributed by atoms with Crippen molar-refractivity contribution < 1.29 is 9.53 Å². The largest absolute Gasteiger partial charge is 0.478 e. The molecule has 0 spiro atoms. The standard InChI is InChI=1S/C12H19N3O2/c1-4-17-10-7-5-6-9(14-10)15-11(8(2)3)12(13)16/h5-8,11H,4H2,1-3H3,(H2,13,16)(H,14,15). The number of anilines is 1. The van der Waals surface area contributed by atoms with Gasteiger partial charge in [0.25, 0.3) is 0 Å². The van der Waals surface area contributed by atoms with Crippen molar-refractivity contribution in [2.24, 2.45) is 11.7 Å². The number of ether oxygens (including phenoxy) is 1. The highest BCUT2D eigenvalue weighted by Crippen LogP contribution is 2.14. The lowest BCUT2D eigenvalue weighted by atomic mass is 10.0. The molecule has 17 heavy (non-hydrogen) atoms. The molecule has 0 fully saturated rings. The van der Waals surface area contributed by atoms with Gasteiger partial charge in [-0.3, -0.25) is 4.79 Å². The normalized spacial score (nSPS) is 12.2. The van der Waals surface area contributed by atoms with Gasteiger partial charge >= 0.3 is 0 Å². The minimum Gasteiger partial charge on any atom is -0.478 e. The predicted molar refractivity (Wildman–Crippen MR) is 66.8 cm³/mol. The number of hydrogen-bond donors (Lipinski definition) is 2. The van der Waals surface area contributed by atoms with Gasteiger partial charge in [0.05, 0.1) is 6.61 Å². The molecule has 5 nitrogen and oxygen atoms in total. The SMILES string of the molecule is CCOc1cccc(NC(C(N)=O)C(C)C)n1. The molecular formula is C12H19N3O2. The lowest BCUT2D eigenvalue weighted by Gasteiger charge is -2.19. The summed E-state index contributed by atoms with van der Waals surface area (Å²) in [5.74, 6) is 0.839. The molecule has 0 aromatic carbocycles. The van der Waals surface area contributed by atoms with Crippen LogP contribution in [0.15, 0.2) is 18.2 Å². The van der Waals surface area contributed by atoms with E-state index in [4.69, 9.17) is 10.5 Å². The summed E-state index contributed by atoms with van der Waals surface area (Å²) in [5, 5.41) is 3.01. The van der Waals surface area contributed by atoms with Gasteiger partial charge in [-0.25, -0.2) is 0 Å². The third kappa shape index (κ3) is 3.94. The zero-order chi connectivity index (χ0) is 12.8. The van der Waals surface area contributed by atoms with Gasteiger partial charge in [0.1, 0.15) is 11.9 Å². The van der Waals surface area contributed by atoms with Crippen molar-refractivity contribution >= 4 is 11.7 Å². The smallest absolute Gasteiger partial charge is 0.240 e. The maximum absolute atomic E-state index is 11.3. The Bertz CT molecular complexity index is 380. The predicted octanol–water partition coefficient (Wildman–Crippen LogP) is 1.40. The van der Waals surface area contributed by atoms with Crippen LogP contribution >= 0.6 is 0 Å². The fourth-order valence-electron chi connectivity index (χ4n) is 1.45. The molecular weight excluding hydrogens is 218 g/mol. The Balaban J connectivity index is 2.78. The molecule has 94 valence electrons. The topological polar surface area (TPSA) is 77.2 Å². The number of primary amides is 1. The molecule has 0 aliphatic heterocycles. The van der Waals surface area contributed by atoms with Crippen molar-refractivity contribution in [3.05, 3.63) is 18.2 Å². The van der Waals surface area contributed by atoms with E-state index in [0.717, 1.165) is 0 Å². The first-order valence-electron chi connectivity index (χ1n) is 5.70. The first-order chi connectivity index (χ1) is 8.04. The number of carbonyl (C=O) groups excluding carboxylic acids is 1. The van der Waals surface area contributed by atoms with E-state index in [1.165, 1.54) is 0 Å². The number of aromatic nitrogens is 1. The molecule has 1 atom stereocenters. The average molecular weight is 237 g/mol. The van der Waals surface area contributed by atoms with Gasteiger partial charge in [-0.1, -0.05) is 19.9 Å². The molecule has 0 bridgehead atoms. The van der Waals surface area contributed by atoms with Crippen LogP contribution in [-0.4, -0.2) is 23.5 Å². The third-order valence-corrected chi connectivity index (χ3v) is 2.29. The monoisotopic (exact) mass is 237 g/mol. The second kappa shape index (κ2) is 6.08. The Kier molecular flexibility index (Phi) is 4.75. The second-order valence-electron chi connectivity index (χ2n) is 4.06. The highest BCUT2D eigenvalue weighted by atomic mass is 16.5. The molecule has 1 heterocycles. The summed E-state index contributed by atoms with van der Waals surface area (Å²) >= 11 is 0. The summed E-state index contributed by atoms with van der Waals surface area (Å²) in [6.45, 7) is 6.30. The number of nitrogens with zero attached hydrogens (tertiary/aromatic N) is 1. The Morgan fingerprint density at radius 2 is 2.24 bits per heavy atom. The molecule has 1 unspecified atom stereocenters. The number of pyridine rings is 1. The first kappa shape index (κ1) is 13.3. The van der Waals surface area contributed by atoms with Crippen LogP contribution in [0.1, 0.15) is 20.8 Å². The van der Waals surface area contributed by atoms with Gasteiger partial charge in [-0.2, -0.15) is 4.98 Å². The zero-order valence-corrected chi connectivity index (χ0v) is 10.4. The molecule has 0 saturated heterocycles. The van der Waals surface area contributed by atoms with Crippen LogP contribution in [0, 0.1) is 5.92 Å². The number of carbonyl (C=O) groups is 1. The van der Waals surface area contributed by atoms with E-state index >= 15 is 0 Å². The number of nitrogens with one attached hydrogen (secondary N) is 1. The summed E-state index contributed by atoms with van der Waals surface area (Å²) < 4.78 is 5.28. The Morgan fingerprint density at radius 1 is 1.53 bits per heavy atom. The molecule has 5 heteroatoms. The van der Waals surface area contributed by atoms with Crippen molar-refractivity contribution in [2.45, 2.75) is 26.8 Å². The maximum Gasteiger partial charge on any atom is 0.240 e. The van der Waals surface area contributed by atoms with E-state index in [1.54, 1.807) is 12.1 Å². The van der Waals surface area contributed by atoms with E-state index < -0.39 is 6.04 Å². The molecule has 1 amide bonds. The third-order valence-electron chi connectivity index (χ3n) is 2.29. The zero-order valence-electron chi connectivity index (χ0n) is 10.4. The van der Waals surface area contributed by atoms with Crippen LogP contribution in [0.3, 0.4) is 0 Å². The fourth-order valence-corrected chi connectivity index (χ4v) is 1.45. The first-order valence-corrected chi connectivity index (χ1v) is 5.70. The average Bonchev–Trinajstić information content (AvgIpc) is 2.26. The molecule has 3 N–H and O–H groups in total. The van der Waals surface area contributed by atoms with Gasteiger partial charge in [0.15, 0.2) is 0 Å². The van der Waals surface area contributed by atoms with Gasteiger partial charge < -0.3 is 15.8 Å². The van der Waals surface area contributed by atoms with Crippen LogP contribution in [0.2, 0.25) is 0 Å². The Morgan fingerprint density at radius 3 is 2.76 bits per heavy atom. The van der Waals surface area contributed by atoms with Crippen molar-refractivity contribution in [3.8, 4) is 5.88 Å². The molecule has 1 aromatic rings. The molecule has 0 aliphatic carbocycles. The minimum absolute atomic E-state index is 0.102. The number of nitrogens with two attached hydrogens (primary N) is 1. The van der Waals surface area contributed by atoms with Gasteiger partial charge in [-0.05, 0) is 18.9 Å². The second-order valence-corrected chi connectivity index (χ2v) is 4.06.